The van der Waals surface area contributed by atoms with E-state index in [1.807, 2.05) is 13.8 Å². The molecule has 28 heteroatoms. The summed E-state index contributed by atoms with van der Waals surface area (Å²) in [5.41, 5.74) is 0.315. The number of aryl methyl sites for hydroxylation is 2. The van der Waals surface area contributed by atoms with E-state index < -0.39 is 23.2 Å². The van der Waals surface area contributed by atoms with Crippen molar-refractivity contribution >= 4 is 81.2 Å². The molecule has 4 aromatic heterocycles. The van der Waals surface area contributed by atoms with Crippen LogP contribution in [0.4, 0.5) is 57.2 Å². The summed E-state index contributed by atoms with van der Waals surface area (Å²) in [6.45, 7) is 12.3. The maximum Gasteiger partial charge on any atom is 0.321 e. The van der Waals surface area contributed by atoms with Gasteiger partial charge in [0.1, 0.15) is 0 Å². The van der Waals surface area contributed by atoms with Gasteiger partial charge in [-0.3, -0.25) is 20.2 Å². The molecule has 0 bridgehead atoms. The molecule has 26 nitrogen and oxygen atoms in total. The molecule has 0 saturated carbocycles. The number of unbranched alkanes of at least 4 members (excludes halogenated alkanes) is 4. The maximum atomic E-state index is 12.3. The number of urea groups is 2. The van der Waals surface area contributed by atoms with Gasteiger partial charge in [-0.05, 0) is 77.0 Å². The van der Waals surface area contributed by atoms with Crippen LogP contribution in [0.3, 0.4) is 0 Å². The van der Waals surface area contributed by atoms with Crippen molar-refractivity contribution in [2.75, 3.05) is 120 Å². The predicted molar refractivity (Wildman–Crippen MR) is 287 cm³/mol. The van der Waals surface area contributed by atoms with Gasteiger partial charge in [-0.25, -0.2) is 9.59 Å². The van der Waals surface area contributed by atoms with Gasteiger partial charge in [-0.1, -0.05) is 48.3 Å². The van der Waals surface area contributed by atoms with Gasteiger partial charge in [-0.2, -0.15) is 39.9 Å². The third-order valence-corrected chi connectivity index (χ3v) is 12.7. The Labute approximate surface area is 427 Å². The molecule has 0 radical (unpaired) electrons. The lowest BCUT2D eigenvalue weighted by Gasteiger charge is -2.12. The number of aromatic nitrogens is 10. The average Bonchev–Trinajstić information content (AvgIpc) is 3.33. The van der Waals surface area contributed by atoms with Crippen molar-refractivity contribution in [2.24, 2.45) is 11.8 Å². The van der Waals surface area contributed by atoms with Gasteiger partial charge < -0.3 is 62.7 Å². The molecular formula is C44H74N20O6S2. The number of carbonyl (C=O) groups is 2. The first-order valence-corrected chi connectivity index (χ1v) is 27.0. The predicted octanol–water partition coefficient (Wildman–Crippen LogP) is 4.19. The number of nitrogens with zero attached hydrogens (tertiary/aromatic N) is 8. The van der Waals surface area contributed by atoms with Crippen LogP contribution in [-0.4, -0.2) is 149 Å². The quantitative estimate of drug-likeness (QED) is 0.0222. The van der Waals surface area contributed by atoms with E-state index in [0.717, 1.165) is 62.9 Å². The Morgan fingerprint density at radius 1 is 0.486 bits per heavy atom. The highest BCUT2D eigenvalue weighted by atomic mass is 33.1. The number of aromatic amines is 2. The third-order valence-electron chi connectivity index (χ3n) is 10.3. The second-order valence-corrected chi connectivity index (χ2v) is 19.8. The van der Waals surface area contributed by atoms with Crippen LogP contribution >= 0.6 is 21.6 Å². The van der Waals surface area contributed by atoms with E-state index in [1.54, 1.807) is 35.4 Å². The smallest absolute Gasteiger partial charge is 0.321 e. The normalized spacial score (nSPS) is 11.8. The molecule has 4 rings (SSSR count). The minimum absolute atomic E-state index is 0.0879. The fraction of sp³-hybridized carbons (Fsp3) is 0.636. The average molecular weight is 1040 g/mol. The van der Waals surface area contributed by atoms with E-state index in [-0.39, 0.29) is 36.9 Å². The van der Waals surface area contributed by atoms with Crippen molar-refractivity contribution in [1.82, 2.24) is 60.5 Å². The summed E-state index contributed by atoms with van der Waals surface area (Å²) in [5.74, 6) is 4.89. The van der Waals surface area contributed by atoms with Gasteiger partial charge in [0.15, 0.2) is 0 Å². The van der Waals surface area contributed by atoms with Crippen LogP contribution in [0.1, 0.15) is 89.4 Å². The molecule has 0 saturated heterocycles. The number of rotatable bonds is 37. The van der Waals surface area contributed by atoms with Crippen molar-refractivity contribution in [1.29, 1.82) is 0 Å². The number of hydrogen-bond donors (Lipinski definition) is 14. The van der Waals surface area contributed by atoms with Crippen molar-refractivity contribution in [2.45, 2.75) is 91.9 Å². The number of aliphatic hydroxyl groups is 2. The lowest BCUT2D eigenvalue weighted by Crippen LogP contribution is -2.31. The van der Waals surface area contributed by atoms with Crippen LogP contribution < -0.4 is 64.3 Å². The molecule has 2 atom stereocenters. The van der Waals surface area contributed by atoms with Crippen molar-refractivity contribution < 1.29 is 19.8 Å². The Morgan fingerprint density at radius 2 is 0.792 bits per heavy atom. The number of hydrogen-bond acceptors (Lipinski definition) is 22. The molecule has 398 valence electrons. The van der Waals surface area contributed by atoms with Crippen LogP contribution in [0.2, 0.25) is 0 Å². The Bertz CT molecular complexity index is 2170. The first kappa shape index (κ1) is 58.3. The van der Waals surface area contributed by atoms with Gasteiger partial charge in [0, 0.05) is 101 Å². The molecule has 0 aliphatic rings. The molecule has 0 aliphatic heterocycles. The van der Waals surface area contributed by atoms with E-state index in [1.165, 1.54) is 12.1 Å². The van der Waals surface area contributed by atoms with Crippen LogP contribution in [0.25, 0.3) is 0 Å². The maximum absolute atomic E-state index is 12.3. The second kappa shape index (κ2) is 34.2. The summed E-state index contributed by atoms with van der Waals surface area (Å²) >= 11 is 0. The summed E-state index contributed by atoms with van der Waals surface area (Å²) in [5, 5.41) is 49.1. The molecule has 0 unspecified atom stereocenters. The lowest BCUT2D eigenvalue weighted by atomic mass is 10.1. The number of nitrogens with one attached hydrogen (secondary N) is 12. The fourth-order valence-corrected chi connectivity index (χ4v) is 8.27. The first-order valence-electron chi connectivity index (χ1n) is 24.5. The van der Waals surface area contributed by atoms with Gasteiger partial charge >= 0.3 is 12.1 Å². The molecule has 0 fully saturated rings. The van der Waals surface area contributed by atoms with Crippen LogP contribution in [0.5, 0.6) is 0 Å². The molecule has 14 N–H and O–H groups in total. The monoisotopic (exact) mass is 1040 g/mol. The van der Waals surface area contributed by atoms with E-state index >= 15 is 0 Å². The molecule has 4 aromatic rings. The standard InChI is InChI=1S/C44H74N20O6S2/c1-29(27-65)13-5-7-15-45-35-57-37(47-17-9-11-19-51-43(69)63-41-53-31(3)25-33(67)55-41)61-39(59-35)49-21-23-71-72-24-22-50-40-60-36(46-16-8-6-14-30(2)28-66)58-38(62-40)48-18-10-12-20-52-44(70)64-42-54-32(4)26-34(68)56-42/h25-26,29-30,65-66H,5-24,27-28H2,1-4H3,(H3,45,47,49,57,59,61)(H3,46,48,50,58,60,62)(H3,51,53,55,63,67,69)(H3,52,54,56,64,68,70)/t29-,30-/m0/s1. The minimum atomic E-state index is -0.461. The fourth-order valence-electron chi connectivity index (χ4n) is 6.45. The first-order chi connectivity index (χ1) is 34.9. The van der Waals surface area contributed by atoms with E-state index in [0.29, 0.717) is 112 Å². The second-order valence-electron chi connectivity index (χ2n) is 17.1. The summed E-state index contributed by atoms with van der Waals surface area (Å²) in [6, 6.07) is 1.77. The summed E-state index contributed by atoms with van der Waals surface area (Å²) < 4.78 is 0. The minimum Gasteiger partial charge on any atom is -0.396 e. The van der Waals surface area contributed by atoms with Crippen LogP contribution in [-0.2, 0) is 0 Å². The highest BCUT2D eigenvalue weighted by Gasteiger charge is 2.11. The molecule has 0 aliphatic carbocycles. The van der Waals surface area contributed by atoms with Crippen molar-refractivity contribution in [3.8, 4) is 0 Å². The molecular weight excluding hydrogens is 969 g/mol. The van der Waals surface area contributed by atoms with Gasteiger partial charge in [0.25, 0.3) is 11.1 Å². The lowest BCUT2D eigenvalue weighted by molar-refractivity contribution is 0.227. The van der Waals surface area contributed by atoms with Crippen molar-refractivity contribution in [3.63, 3.8) is 0 Å². The Hall–Kier alpha value is -6.26. The molecule has 72 heavy (non-hydrogen) atoms. The van der Waals surface area contributed by atoms with Crippen molar-refractivity contribution in [3.05, 3.63) is 44.2 Å². The number of amides is 4. The summed E-state index contributed by atoms with van der Waals surface area (Å²) in [7, 11) is 3.42. The van der Waals surface area contributed by atoms with Gasteiger partial charge in [0.2, 0.25) is 47.6 Å². The van der Waals surface area contributed by atoms with E-state index in [2.05, 4.69) is 103 Å². The Morgan fingerprint density at radius 3 is 1.11 bits per heavy atom. The number of H-pyrrole nitrogens is 2. The van der Waals surface area contributed by atoms with Gasteiger partial charge in [-0.15, -0.1) is 0 Å². The Kier molecular flexibility index (Phi) is 27.7. The summed E-state index contributed by atoms with van der Waals surface area (Å²) in [4.78, 5) is 88.4. The zero-order valence-corrected chi connectivity index (χ0v) is 43.4. The number of aliphatic hydroxyl groups excluding tert-OH is 2. The zero-order chi connectivity index (χ0) is 51.8. The van der Waals surface area contributed by atoms with Crippen LogP contribution in [0.15, 0.2) is 21.7 Å². The van der Waals surface area contributed by atoms with E-state index in [4.69, 9.17) is 0 Å². The molecule has 0 spiro atoms. The zero-order valence-electron chi connectivity index (χ0n) is 41.8. The summed E-state index contributed by atoms with van der Waals surface area (Å²) in [6.07, 6.45) is 8.43. The topological polar surface area (TPSA) is 364 Å². The highest BCUT2D eigenvalue weighted by Crippen LogP contribution is 2.21. The highest BCUT2D eigenvalue weighted by molar-refractivity contribution is 8.76. The SMILES string of the molecule is Cc1cc(=O)nc(NC(=O)NCCCCNc2nc(NCCCC[C@H](C)CO)nc(NCCSSCCNc3nc(NCCCCNC(=O)Nc4nc(=O)cc(C)[nH]4)nc(NCCCC[C@H](C)CO)n3)n2)[nH]1. The number of anilines is 8. The van der Waals surface area contributed by atoms with E-state index in [9.17, 15) is 29.4 Å². The Balaban J connectivity index is 1.18. The molecule has 0 aromatic carbocycles. The number of carbonyl (C=O) groups excluding carboxylic acids is 2. The van der Waals surface area contributed by atoms with Gasteiger partial charge in [0.05, 0.1) is 0 Å². The molecule has 4 amide bonds. The third kappa shape index (κ3) is 25.7. The van der Waals surface area contributed by atoms with Crippen LogP contribution in [0, 0.1) is 25.7 Å². The largest absolute Gasteiger partial charge is 0.396 e. The molecule has 4 heterocycles.